The Kier molecular flexibility index (Phi) is 8.71. The first kappa shape index (κ1) is 22.5. The predicted molar refractivity (Wildman–Crippen MR) is 116 cm³/mol. The summed E-state index contributed by atoms with van der Waals surface area (Å²) in [6.07, 6.45) is 1.88. The molecule has 2 amide bonds. The molecule has 5 heteroatoms. The van der Waals surface area contributed by atoms with Crippen molar-refractivity contribution in [1.29, 1.82) is 0 Å². The van der Waals surface area contributed by atoms with Crippen LogP contribution in [0, 0.1) is 6.92 Å². The Balaban J connectivity index is 2.11. The molecule has 0 fully saturated rings. The highest BCUT2D eigenvalue weighted by atomic mass is 16.5. The standard InChI is InChI=1S/C24H32N2O3/c1-5-16-25-24(28)19(3)26(17-21-10-13-22(29-4)14-11-21)23(27)15-12-20-8-6-18(2)7-9-20/h6-11,13-14,19H,5,12,15-17H2,1-4H3,(H,25,28)/t19-/m1/s1. The van der Waals surface area contributed by atoms with Crippen molar-refractivity contribution in [3.8, 4) is 5.75 Å². The van der Waals surface area contributed by atoms with Gasteiger partial charge in [0.1, 0.15) is 11.8 Å². The second-order valence-electron chi connectivity index (χ2n) is 7.32. The number of carbonyl (C=O) groups is 2. The number of carbonyl (C=O) groups excluding carboxylic acids is 2. The highest BCUT2D eigenvalue weighted by molar-refractivity contribution is 5.87. The van der Waals surface area contributed by atoms with Gasteiger partial charge in [0, 0.05) is 19.5 Å². The van der Waals surface area contributed by atoms with E-state index in [0.29, 0.717) is 25.9 Å². The van der Waals surface area contributed by atoms with Gasteiger partial charge >= 0.3 is 0 Å². The van der Waals surface area contributed by atoms with E-state index in [1.165, 1.54) is 5.56 Å². The lowest BCUT2D eigenvalue weighted by Crippen LogP contribution is -2.47. The number of hydrogen-bond donors (Lipinski definition) is 1. The van der Waals surface area contributed by atoms with Crippen molar-refractivity contribution in [2.45, 2.75) is 52.6 Å². The lowest BCUT2D eigenvalue weighted by molar-refractivity contribution is -0.140. The molecule has 0 saturated heterocycles. The van der Waals surface area contributed by atoms with Crippen molar-refractivity contribution in [1.82, 2.24) is 10.2 Å². The smallest absolute Gasteiger partial charge is 0.242 e. The van der Waals surface area contributed by atoms with Crippen LogP contribution in [0.3, 0.4) is 0 Å². The quantitative estimate of drug-likeness (QED) is 0.663. The Labute approximate surface area is 174 Å². The number of nitrogens with one attached hydrogen (secondary N) is 1. The maximum atomic E-state index is 13.1. The van der Waals surface area contributed by atoms with Crippen LogP contribution in [0.5, 0.6) is 5.75 Å². The summed E-state index contributed by atoms with van der Waals surface area (Å²) in [5.41, 5.74) is 3.28. The number of hydrogen-bond acceptors (Lipinski definition) is 3. The van der Waals surface area contributed by atoms with Crippen LogP contribution < -0.4 is 10.1 Å². The molecule has 156 valence electrons. The molecule has 0 spiro atoms. The predicted octanol–water partition coefficient (Wildman–Crippen LogP) is 3.88. The Bertz CT molecular complexity index is 785. The van der Waals surface area contributed by atoms with Gasteiger partial charge in [-0.2, -0.15) is 0 Å². The topological polar surface area (TPSA) is 58.6 Å². The van der Waals surface area contributed by atoms with Gasteiger partial charge in [0.2, 0.25) is 11.8 Å². The molecule has 0 bridgehead atoms. The maximum absolute atomic E-state index is 13.1. The second kappa shape index (κ2) is 11.2. The Morgan fingerprint density at radius 3 is 2.24 bits per heavy atom. The fourth-order valence-electron chi connectivity index (χ4n) is 3.06. The Hall–Kier alpha value is -2.82. The molecular weight excluding hydrogens is 364 g/mol. The first-order valence-corrected chi connectivity index (χ1v) is 10.2. The molecule has 2 aromatic carbocycles. The number of methoxy groups -OCH3 is 1. The number of ether oxygens (including phenoxy) is 1. The molecule has 1 atom stereocenters. The lowest BCUT2D eigenvalue weighted by Gasteiger charge is -2.29. The summed E-state index contributed by atoms with van der Waals surface area (Å²) in [5, 5.41) is 2.90. The molecule has 0 saturated carbocycles. The van der Waals surface area contributed by atoms with Crippen LogP contribution in [0.15, 0.2) is 48.5 Å². The number of benzene rings is 2. The van der Waals surface area contributed by atoms with Crippen LogP contribution in [-0.2, 0) is 22.6 Å². The normalized spacial score (nSPS) is 11.6. The summed E-state index contributed by atoms with van der Waals surface area (Å²) in [6, 6.07) is 15.3. The van der Waals surface area contributed by atoms with E-state index < -0.39 is 6.04 Å². The Morgan fingerprint density at radius 1 is 1.03 bits per heavy atom. The number of rotatable bonds is 10. The van der Waals surface area contributed by atoms with Gasteiger partial charge < -0.3 is 15.0 Å². The zero-order valence-electron chi connectivity index (χ0n) is 17.9. The van der Waals surface area contributed by atoms with E-state index in [2.05, 4.69) is 17.4 Å². The van der Waals surface area contributed by atoms with Crippen molar-refractivity contribution in [2.75, 3.05) is 13.7 Å². The van der Waals surface area contributed by atoms with E-state index in [1.807, 2.05) is 50.2 Å². The Morgan fingerprint density at radius 2 is 1.66 bits per heavy atom. The molecular formula is C24H32N2O3. The fraction of sp³-hybridized carbons (Fsp3) is 0.417. The average Bonchev–Trinajstić information content (AvgIpc) is 2.75. The van der Waals surface area contributed by atoms with Crippen LogP contribution >= 0.6 is 0 Å². The first-order chi connectivity index (χ1) is 13.9. The average molecular weight is 397 g/mol. The minimum absolute atomic E-state index is 0.0273. The fourth-order valence-corrected chi connectivity index (χ4v) is 3.06. The van der Waals surface area contributed by atoms with Gasteiger partial charge in [0.15, 0.2) is 0 Å². The van der Waals surface area contributed by atoms with E-state index in [4.69, 9.17) is 4.74 Å². The van der Waals surface area contributed by atoms with E-state index in [0.717, 1.165) is 23.3 Å². The lowest BCUT2D eigenvalue weighted by atomic mass is 10.1. The van der Waals surface area contributed by atoms with Gasteiger partial charge in [-0.3, -0.25) is 9.59 Å². The summed E-state index contributed by atoms with van der Waals surface area (Å²) < 4.78 is 5.20. The van der Waals surface area contributed by atoms with Gasteiger partial charge in [-0.1, -0.05) is 48.9 Å². The minimum Gasteiger partial charge on any atom is -0.497 e. The zero-order valence-corrected chi connectivity index (χ0v) is 17.9. The zero-order chi connectivity index (χ0) is 21.2. The molecule has 0 aliphatic carbocycles. The van der Waals surface area contributed by atoms with Crippen LogP contribution in [0.25, 0.3) is 0 Å². The maximum Gasteiger partial charge on any atom is 0.242 e. The van der Waals surface area contributed by atoms with Crippen molar-refractivity contribution in [3.05, 3.63) is 65.2 Å². The van der Waals surface area contributed by atoms with Crippen molar-refractivity contribution >= 4 is 11.8 Å². The summed E-state index contributed by atoms with van der Waals surface area (Å²) >= 11 is 0. The molecule has 0 aromatic heterocycles. The number of aryl methyl sites for hydroxylation is 2. The van der Waals surface area contributed by atoms with Gasteiger partial charge in [0.25, 0.3) is 0 Å². The molecule has 0 aliphatic heterocycles. The van der Waals surface area contributed by atoms with Crippen molar-refractivity contribution in [3.63, 3.8) is 0 Å². The summed E-state index contributed by atoms with van der Waals surface area (Å²) in [7, 11) is 1.62. The first-order valence-electron chi connectivity index (χ1n) is 10.2. The molecule has 0 aliphatic rings. The highest BCUT2D eigenvalue weighted by Crippen LogP contribution is 2.16. The highest BCUT2D eigenvalue weighted by Gasteiger charge is 2.25. The van der Waals surface area contributed by atoms with Crippen molar-refractivity contribution in [2.24, 2.45) is 0 Å². The summed E-state index contributed by atoms with van der Waals surface area (Å²) in [4.78, 5) is 27.2. The van der Waals surface area contributed by atoms with E-state index in [9.17, 15) is 9.59 Å². The number of nitrogens with zero attached hydrogens (tertiary/aromatic N) is 1. The van der Waals surface area contributed by atoms with Gasteiger partial charge in [-0.05, 0) is 49.9 Å². The summed E-state index contributed by atoms with van der Waals surface area (Å²) in [6.45, 7) is 6.84. The van der Waals surface area contributed by atoms with Crippen LogP contribution in [0.4, 0.5) is 0 Å². The number of amides is 2. The third-order valence-corrected chi connectivity index (χ3v) is 4.98. The second-order valence-corrected chi connectivity index (χ2v) is 7.32. The van der Waals surface area contributed by atoms with Crippen LogP contribution in [0.1, 0.15) is 43.4 Å². The van der Waals surface area contributed by atoms with Crippen LogP contribution in [-0.4, -0.2) is 36.4 Å². The largest absolute Gasteiger partial charge is 0.497 e. The van der Waals surface area contributed by atoms with Crippen LogP contribution in [0.2, 0.25) is 0 Å². The van der Waals surface area contributed by atoms with Crippen molar-refractivity contribution < 1.29 is 14.3 Å². The molecule has 5 nitrogen and oxygen atoms in total. The van der Waals surface area contributed by atoms with Gasteiger partial charge in [-0.25, -0.2) is 0 Å². The van der Waals surface area contributed by atoms with E-state index in [-0.39, 0.29) is 11.8 Å². The summed E-state index contributed by atoms with van der Waals surface area (Å²) in [5.74, 6) is 0.615. The third kappa shape index (κ3) is 6.93. The van der Waals surface area contributed by atoms with Gasteiger partial charge in [-0.15, -0.1) is 0 Å². The molecule has 2 rings (SSSR count). The molecule has 0 radical (unpaired) electrons. The van der Waals surface area contributed by atoms with Gasteiger partial charge in [0.05, 0.1) is 7.11 Å². The SMILES string of the molecule is CCCNC(=O)[C@@H](C)N(Cc1ccc(OC)cc1)C(=O)CCc1ccc(C)cc1. The monoisotopic (exact) mass is 396 g/mol. The minimum atomic E-state index is -0.533. The molecule has 1 N–H and O–H groups in total. The third-order valence-electron chi connectivity index (χ3n) is 4.98. The molecule has 29 heavy (non-hydrogen) atoms. The molecule has 2 aromatic rings. The molecule has 0 unspecified atom stereocenters. The van der Waals surface area contributed by atoms with E-state index >= 15 is 0 Å². The van der Waals surface area contributed by atoms with E-state index in [1.54, 1.807) is 18.9 Å². The molecule has 0 heterocycles.